The molecular formula is C8H8N4S. The molecule has 2 aromatic rings. The lowest BCUT2D eigenvalue weighted by Crippen LogP contribution is -1.98. The third-order valence-corrected chi connectivity index (χ3v) is 2.29. The topological polar surface area (TPSA) is 63.8 Å². The van der Waals surface area contributed by atoms with E-state index < -0.39 is 0 Å². The van der Waals surface area contributed by atoms with Gasteiger partial charge in [0.2, 0.25) is 0 Å². The van der Waals surface area contributed by atoms with E-state index in [4.69, 9.17) is 5.73 Å². The molecule has 0 amide bonds. The first-order chi connectivity index (χ1) is 6.36. The Hall–Kier alpha value is -1.62. The van der Waals surface area contributed by atoms with Gasteiger partial charge in [0, 0.05) is 0 Å². The van der Waals surface area contributed by atoms with Crippen molar-refractivity contribution in [3.8, 4) is 0 Å². The Morgan fingerprint density at radius 3 is 3.08 bits per heavy atom. The predicted molar refractivity (Wildman–Crippen MR) is 54.0 cm³/mol. The molecule has 0 aliphatic rings. The van der Waals surface area contributed by atoms with Crippen LogP contribution in [-0.2, 0) is 0 Å². The fraction of sp³-hybridized carbons (Fsp3) is 0. The monoisotopic (exact) mass is 192 g/mol. The molecule has 0 aromatic carbocycles. The molecule has 0 radical (unpaired) electrons. The summed E-state index contributed by atoms with van der Waals surface area (Å²) in [5.41, 5.74) is 6.21. The molecule has 2 heterocycles. The van der Waals surface area contributed by atoms with Crippen LogP contribution in [0, 0.1) is 0 Å². The van der Waals surface area contributed by atoms with Gasteiger partial charge in [-0.3, -0.25) is 0 Å². The van der Waals surface area contributed by atoms with Crippen LogP contribution >= 0.6 is 11.3 Å². The number of nitrogen functional groups attached to an aromatic ring is 1. The quantitative estimate of drug-likeness (QED) is 0.762. The molecule has 0 aliphatic heterocycles. The molecule has 2 rings (SSSR count). The fourth-order valence-electron chi connectivity index (χ4n) is 0.911. The minimum atomic E-state index is 0.552. The number of thiophene rings is 1. The highest BCUT2D eigenvalue weighted by Gasteiger charge is 1.99. The number of hydrogen-bond acceptors (Lipinski definition) is 5. The minimum Gasteiger partial charge on any atom is -0.394 e. The molecule has 0 saturated heterocycles. The first-order valence-corrected chi connectivity index (χ1v) is 4.60. The van der Waals surface area contributed by atoms with Gasteiger partial charge in [0.05, 0.1) is 16.9 Å². The van der Waals surface area contributed by atoms with Crippen molar-refractivity contribution in [2.75, 3.05) is 11.1 Å². The molecule has 13 heavy (non-hydrogen) atoms. The molecule has 0 atom stereocenters. The van der Waals surface area contributed by atoms with Crippen LogP contribution in [0.5, 0.6) is 0 Å². The lowest BCUT2D eigenvalue weighted by Gasteiger charge is -2.03. The highest BCUT2D eigenvalue weighted by atomic mass is 32.1. The number of anilines is 3. The van der Waals surface area contributed by atoms with Gasteiger partial charge in [0.15, 0.2) is 5.82 Å². The van der Waals surface area contributed by atoms with Crippen molar-refractivity contribution in [3.05, 3.63) is 30.0 Å². The Labute approximate surface area is 79.5 Å². The van der Waals surface area contributed by atoms with Crippen molar-refractivity contribution < 1.29 is 0 Å². The third kappa shape index (κ3) is 1.75. The van der Waals surface area contributed by atoms with E-state index in [2.05, 4.69) is 15.3 Å². The molecule has 5 heteroatoms. The molecule has 0 unspecified atom stereocenters. The van der Waals surface area contributed by atoms with E-state index in [9.17, 15) is 0 Å². The summed E-state index contributed by atoms with van der Waals surface area (Å²) in [6.07, 6.45) is 3.04. The van der Waals surface area contributed by atoms with Gasteiger partial charge in [-0.2, -0.15) is 0 Å². The Bertz CT molecular complexity index is 385. The van der Waals surface area contributed by atoms with Crippen molar-refractivity contribution in [2.45, 2.75) is 0 Å². The number of hydrogen-bond donors (Lipinski definition) is 2. The van der Waals surface area contributed by atoms with Crippen molar-refractivity contribution in [1.29, 1.82) is 0 Å². The molecule has 0 bridgehead atoms. The van der Waals surface area contributed by atoms with E-state index in [1.807, 2.05) is 17.5 Å². The van der Waals surface area contributed by atoms with Crippen LogP contribution < -0.4 is 11.1 Å². The Balaban J connectivity index is 2.24. The van der Waals surface area contributed by atoms with Crippen LogP contribution in [0.25, 0.3) is 0 Å². The Morgan fingerprint density at radius 2 is 2.38 bits per heavy atom. The zero-order valence-corrected chi connectivity index (χ0v) is 7.58. The summed E-state index contributed by atoms with van der Waals surface area (Å²) in [5.74, 6) is 0.650. The zero-order chi connectivity index (χ0) is 9.10. The maximum Gasteiger partial charge on any atom is 0.157 e. The Kier molecular flexibility index (Phi) is 2.09. The lowest BCUT2D eigenvalue weighted by atomic mass is 10.5. The van der Waals surface area contributed by atoms with Crippen molar-refractivity contribution in [1.82, 2.24) is 9.97 Å². The third-order valence-electron chi connectivity index (χ3n) is 1.50. The number of aromatic nitrogens is 2. The maximum atomic E-state index is 5.65. The largest absolute Gasteiger partial charge is 0.394 e. The van der Waals surface area contributed by atoms with Crippen molar-refractivity contribution in [3.63, 3.8) is 0 Å². The van der Waals surface area contributed by atoms with Gasteiger partial charge in [0.25, 0.3) is 0 Å². The van der Waals surface area contributed by atoms with Crippen LogP contribution in [0.15, 0.2) is 30.0 Å². The van der Waals surface area contributed by atoms with E-state index in [0.29, 0.717) is 11.5 Å². The molecular weight excluding hydrogens is 184 g/mol. The number of nitrogens with one attached hydrogen (secondary N) is 1. The normalized spacial score (nSPS) is 9.85. The summed E-state index contributed by atoms with van der Waals surface area (Å²) in [6, 6.07) is 3.93. The molecule has 66 valence electrons. The van der Waals surface area contributed by atoms with Crippen LogP contribution in [-0.4, -0.2) is 9.97 Å². The van der Waals surface area contributed by atoms with Crippen molar-refractivity contribution >= 4 is 27.8 Å². The highest BCUT2D eigenvalue weighted by molar-refractivity contribution is 7.14. The van der Waals surface area contributed by atoms with Gasteiger partial charge < -0.3 is 11.1 Å². The number of rotatable bonds is 2. The van der Waals surface area contributed by atoms with E-state index >= 15 is 0 Å². The molecule has 4 nitrogen and oxygen atoms in total. The number of nitrogens with zero attached hydrogens (tertiary/aromatic N) is 2. The summed E-state index contributed by atoms with van der Waals surface area (Å²) in [7, 11) is 0. The second-order valence-corrected chi connectivity index (χ2v) is 3.38. The smallest absolute Gasteiger partial charge is 0.157 e. The van der Waals surface area contributed by atoms with Gasteiger partial charge in [-0.25, -0.2) is 9.97 Å². The maximum absolute atomic E-state index is 5.65. The van der Waals surface area contributed by atoms with E-state index in [0.717, 1.165) is 5.00 Å². The van der Waals surface area contributed by atoms with E-state index in [-0.39, 0.29) is 0 Å². The van der Waals surface area contributed by atoms with Gasteiger partial charge in [-0.05, 0) is 17.5 Å². The predicted octanol–water partition coefficient (Wildman–Crippen LogP) is 1.86. The summed E-state index contributed by atoms with van der Waals surface area (Å²) in [5, 5.41) is 6.10. The number of nitrogens with two attached hydrogens (primary N) is 1. The van der Waals surface area contributed by atoms with Crippen molar-refractivity contribution in [2.24, 2.45) is 0 Å². The first kappa shape index (κ1) is 8.00. The van der Waals surface area contributed by atoms with E-state index in [1.165, 1.54) is 6.33 Å². The highest BCUT2D eigenvalue weighted by Crippen LogP contribution is 2.22. The fourth-order valence-corrected chi connectivity index (χ4v) is 1.53. The molecule has 3 N–H and O–H groups in total. The summed E-state index contributed by atoms with van der Waals surface area (Å²) >= 11 is 1.60. The average Bonchev–Trinajstić information content (AvgIpc) is 2.61. The molecule has 0 fully saturated rings. The molecule has 0 aliphatic carbocycles. The van der Waals surface area contributed by atoms with Crippen LogP contribution in [0.4, 0.5) is 16.5 Å². The second kappa shape index (κ2) is 3.40. The summed E-state index contributed by atoms with van der Waals surface area (Å²) < 4.78 is 0. The minimum absolute atomic E-state index is 0.552. The summed E-state index contributed by atoms with van der Waals surface area (Å²) in [4.78, 5) is 7.81. The van der Waals surface area contributed by atoms with Crippen LogP contribution in [0.3, 0.4) is 0 Å². The zero-order valence-electron chi connectivity index (χ0n) is 6.77. The SMILES string of the molecule is Nc1cncnc1Nc1cccs1. The van der Waals surface area contributed by atoms with Crippen LogP contribution in [0.1, 0.15) is 0 Å². The summed E-state index contributed by atoms with van der Waals surface area (Å²) in [6.45, 7) is 0. The first-order valence-electron chi connectivity index (χ1n) is 3.72. The van der Waals surface area contributed by atoms with Gasteiger partial charge in [0.1, 0.15) is 6.33 Å². The van der Waals surface area contributed by atoms with Gasteiger partial charge in [-0.15, -0.1) is 11.3 Å². The molecule has 0 spiro atoms. The average molecular weight is 192 g/mol. The molecule has 0 saturated carbocycles. The Morgan fingerprint density at radius 1 is 1.46 bits per heavy atom. The van der Waals surface area contributed by atoms with E-state index in [1.54, 1.807) is 17.5 Å². The van der Waals surface area contributed by atoms with Crippen LogP contribution in [0.2, 0.25) is 0 Å². The second-order valence-electron chi connectivity index (χ2n) is 2.43. The molecule has 2 aromatic heterocycles. The standard InChI is InChI=1S/C8H8N4S/c9-6-4-10-5-11-8(6)12-7-2-1-3-13-7/h1-5H,9H2,(H,10,11,12). The van der Waals surface area contributed by atoms with Gasteiger partial charge in [-0.1, -0.05) is 0 Å². The van der Waals surface area contributed by atoms with Gasteiger partial charge >= 0.3 is 0 Å². The lowest BCUT2D eigenvalue weighted by molar-refractivity contribution is 1.17.